The first-order valence-electron chi connectivity index (χ1n) is 4.71. The minimum absolute atomic E-state index is 0.563. The molecular formula is C9H15N3O2S. The molecule has 0 atom stereocenters. The molecule has 6 heteroatoms. The van der Waals surface area contributed by atoms with Gasteiger partial charge in [0.05, 0.1) is 5.75 Å². The van der Waals surface area contributed by atoms with Crippen molar-refractivity contribution < 1.29 is 9.90 Å². The molecule has 1 heterocycles. The van der Waals surface area contributed by atoms with Crippen LogP contribution in [0.2, 0.25) is 0 Å². The first kappa shape index (κ1) is 12.0. The lowest BCUT2D eigenvalue weighted by Gasteiger charge is -2.17. The number of hydrogen-bond acceptors (Lipinski definition) is 4. The summed E-state index contributed by atoms with van der Waals surface area (Å²) in [6, 6.07) is 0. The highest BCUT2D eigenvalue weighted by atomic mass is 32.2. The Morgan fingerprint density at radius 2 is 2.33 bits per heavy atom. The average Bonchev–Trinajstić information content (AvgIpc) is 2.61. The number of rotatable bonds is 5. The molecule has 1 rings (SSSR count). The van der Waals surface area contributed by atoms with Crippen LogP contribution in [0.5, 0.6) is 0 Å². The van der Waals surface area contributed by atoms with Crippen molar-refractivity contribution in [2.45, 2.75) is 37.8 Å². The molecular weight excluding hydrogens is 214 g/mol. The Hall–Kier alpha value is -1.04. The van der Waals surface area contributed by atoms with Gasteiger partial charge in [-0.1, -0.05) is 0 Å². The zero-order valence-corrected chi connectivity index (χ0v) is 9.91. The lowest BCUT2D eigenvalue weighted by Crippen LogP contribution is -2.27. The number of nitrogens with zero attached hydrogens (tertiary/aromatic N) is 3. The summed E-state index contributed by atoms with van der Waals surface area (Å²) in [6.45, 7) is 6.11. The van der Waals surface area contributed by atoms with E-state index < -0.39 is 10.7 Å². The molecule has 5 nitrogen and oxygen atoms in total. The molecule has 0 saturated heterocycles. The predicted octanol–water partition coefficient (Wildman–Crippen LogP) is 1.39. The van der Waals surface area contributed by atoms with E-state index in [1.54, 1.807) is 18.5 Å². The van der Waals surface area contributed by atoms with Crippen LogP contribution in [-0.2, 0) is 17.1 Å². The minimum Gasteiger partial charge on any atom is -0.480 e. The number of thioether (sulfide) groups is 1. The Bertz CT molecular complexity index is 349. The first-order chi connectivity index (χ1) is 6.97. The van der Waals surface area contributed by atoms with Crippen molar-refractivity contribution >= 4 is 17.7 Å². The van der Waals surface area contributed by atoms with Crippen molar-refractivity contribution in [2.24, 2.45) is 0 Å². The second-order valence-electron chi connectivity index (χ2n) is 3.60. The van der Waals surface area contributed by atoms with E-state index in [0.717, 1.165) is 12.4 Å². The van der Waals surface area contributed by atoms with Crippen LogP contribution in [0.1, 0.15) is 26.6 Å². The van der Waals surface area contributed by atoms with Gasteiger partial charge in [0, 0.05) is 6.54 Å². The first-order valence-corrected chi connectivity index (χ1v) is 5.70. The molecule has 0 aliphatic carbocycles. The predicted molar refractivity (Wildman–Crippen MR) is 58.7 cm³/mol. The number of carboxylic acid groups (broad SMARTS) is 1. The fourth-order valence-electron chi connectivity index (χ4n) is 0.971. The van der Waals surface area contributed by atoms with E-state index >= 15 is 0 Å². The fraction of sp³-hybridized carbons (Fsp3) is 0.667. The highest BCUT2D eigenvalue weighted by Crippen LogP contribution is 2.27. The molecule has 0 saturated carbocycles. The molecule has 0 unspecified atom stereocenters. The number of aryl methyl sites for hydroxylation is 1. The topological polar surface area (TPSA) is 68.0 Å². The van der Waals surface area contributed by atoms with Crippen molar-refractivity contribution in [3.8, 4) is 0 Å². The Morgan fingerprint density at radius 1 is 1.67 bits per heavy atom. The van der Waals surface area contributed by atoms with Gasteiger partial charge in [-0.25, -0.2) is 9.67 Å². The van der Waals surface area contributed by atoms with Crippen LogP contribution in [0.25, 0.3) is 0 Å². The van der Waals surface area contributed by atoms with Crippen molar-refractivity contribution in [3.05, 3.63) is 12.2 Å². The third-order valence-electron chi connectivity index (χ3n) is 2.07. The van der Waals surface area contributed by atoms with Crippen LogP contribution in [0, 0.1) is 0 Å². The minimum atomic E-state index is -0.810. The van der Waals surface area contributed by atoms with Gasteiger partial charge in [-0.3, -0.25) is 4.79 Å². The Morgan fingerprint density at radius 3 is 2.87 bits per heavy atom. The molecule has 0 radical (unpaired) electrons. The SMILES string of the molecule is CCn1ncnc1CSC(C)(C)C(=O)O. The second-order valence-corrected chi connectivity index (χ2v) is 5.19. The molecule has 1 aromatic heterocycles. The third kappa shape index (κ3) is 2.95. The number of carboxylic acids is 1. The Kier molecular flexibility index (Phi) is 3.73. The van der Waals surface area contributed by atoms with Crippen LogP contribution >= 0.6 is 11.8 Å². The Labute approximate surface area is 92.9 Å². The summed E-state index contributed by atoms with van der Waals surface area (Å²) in [5.74, 6) is 0.569. The van der Waals surface area contributed by atoms with Gasteiger partial charge in [-0.15, -0.1) is 11.8 Å². The van der Waals surface area contributed by atoms with Gasteiger partial charge in [0.1, 0.15) is 16.9 Å². The smallest absolute Gasteiger partial charge is 0.319 e. The van der Waals surface area contributed by atoms with E-state index in [1.165, 1.54) is 18.1 Å². The van der Waals surface area contributed by atoms with Gasteiger partial charge < -0.3 is 5.11 Å². The van der Waals surface area contributed by atoms with Crippen molar-refractivity contribution in [3.63, 3.8) is 0 Å². The van der Waals surface area contributed by atoms with Gasteiger partial charge in [0.2, 0.25) is 0 Å². The van der Waals surface area contributed by atoms with Crippen molar-refractivity contribution in [1.29, 1.82) is 0 Å². The second kappa shape index (κ2) is 4.65. The molecule has 84 valence electrons. The zero-order chi connectivity index (χ0) is 11.5. The van der Waals surface area contributed by atoms with Crippen molar-refractivity contribution in [2.75, 3.05) is 0 Å². The van der Waals surface area contributed by atoms with Crippen LogP contribution < -0.4 is 0 Å². The number of aliphatic carboxylic acids is 1. The highest BCUT2D eigenvalue weighted by Gasteiger charge is 2.28. The molecule has 0 bridgehead atoms. The molecule has 1 N–H and O–H groups in total. The van der Waals surface area contributed by atoms with Gasteiger partial charge in [0.25, 0.3) is 0 Å². The summed E-state index contributed by atoms with van der Waals surface area (Å²) >= 11 is 1.35. The molecule has 0 spiro atoms. The molecule has 0 aliphatic heterocycles. The fourth-order valence-corrected chi connectivity index (χ4v) is 1.81. The lowest BCUT2D eigenvalue weighted by molar-refractivity contribution is -0.138. The number of carbonyl (C=O) groups is 1. The average molecular weight is 229 g/mol. The van der Waals surface area contributed by atoms with E-state index in [9.17, 15) is 4.79 Å². The van der Waals surface area contributed by atoms with Crippen molar-refractivity contribution in [1.82, 2.24) is 14.8 Å². The van der Waals surface area contributed by atoms with Gasteiger partial charge in [-0.05, 0) is 20.8 Å². The molecule has 0 aromatic carbocycles. The molecule has 15 heavy (non-hydrogen) atoms. The molecule has 1 aromatic rings. The summed E-state index contributed by atoms with van der Waals surface area (Å²) in [5, 5.41) is 13.0. The van der Waals surface area contributed by atoms with E-state index in [2.05, 4.69) is 10.1 Å². The van der Waals surface area contributed by atoms with Crippen LogP contribution in [0.15, 0.2) is 6.33 Å². The van der Waals surface area contributed by atoms with Crippen LogP contribution in [0.3, 0.4) is 0 Å². The van der Waals surface area contributed by atoms with E-state index in [0.29, 0.717) is 5.75 Å². The maximum atomic E-state index is 10.9. The third-order valence-corrected chi connectivity index (χ3v) is 3.37. The maximum Gasteiger partial charge on any atom is 0.319 e. The van der Waals surface area contributed by atoms with Gasteiger partial charge >= 0.3 is 5.97 Å². The normalized spacial score (nSPS) is 11.7. The van der Waals surface area contributed by atoms with E-state index in [1.807, 2.05) is 6.92 Å². The highest BCUT2D eigenvalue weighted by molar-refractivity contribution is 8.00. The molecule has 0 amide bonds. The van der Waals surface area contributed by atoms with E-state index in [4.69, 9.17) is 5.11 Å². The van der Waals surface area contributed by atoms with Gasteiger partial charge in [-0.2, -0.15) is 5.10 Å². The van der Waals surface area contributed by atoms with Gasteiger partial charge in [0.15, 0.2) is 0 Å². The van der Waals surface area contributed by atoms with Crippen LogP contribution in [0.4, 0.5) is 0 Å². The number of aromatic nitrogens is 3. The summed E-state index contributed by atoms with van der Waals surface area (Å²) in [6.07, 6.45) is 1.49. The molecule has 0 aliphatic rings. The largest absolute Gasteiger partial charge is 0.480 e. The molecule has 0 fully saturated rings. The zero-order valence-electron chi connectivity index (χ0n) is 9.10. The number of hydrogen-bond donors (Lipinski definition) is 1. The standard InChI is InChI=1S/C9H15N3O2S/c1-4-12-7(10-6-11-12)5-15-9(2,3)8(13)14/h6H,4-5H2,1-3H3,(H,13,14). The summed E-state index contributed by atoms with van der Waals surface area (Å²) in [7, 11) is 0. The maximum absolute atomic E-state index is 10.9. The monoisotopic (exact) mass is 229 g/mol. The summed E-state index contributed by atoms with van der Waals surface area (Å²) in [5.41, 5.74) is 0. The quantitative estimate of drug-likeness (QED) is 0.826. The summed E-state index contributed by atoms with van der Waals surface area (Å²) in [4.78, 5) is 15.0. The lowest BCUT2D eigenvalue weighted by atomic mass is 10.2. The van der Waals surface area contributed by atoms with Crippen LogP contribution in [-0.4, -0.2) is 30.6 Å². The van der Waals surface area contributed by atoms with E-state index in [-0.39, 0.29) is 0 Å². The Balaban J connectivity index is 2.61. The summed E-state index contributed by atoms with van der Waals surface area (Å²) < 4.78 is 0.982.